The largest absolute Gasteiger partial charge is 0.496 e. The molecule has 1 aliphatic rings. The van der Waals surface area contributed by atoms with Crippen molar-refractivity contribution in [2.24, 2.45) is 0 Å². The summed E-state index contributed by atoms with van der Waals surface area (Å²) in [5.41, 5.74) is 2.07. The minimum absolute atomic E-state index is 0.361. The number of fused-ring (bicyclic) bond motifs is 1. The van der Waals surface area contributed by atoms with E-state index in [0.717, 1.165) is 30.1 Å². The highest BCUT2D eigenvalue weighted by Crippen LogP contribution is 2.32. The van der Waals surface area contributed by atoms with E-state index in [1.54, 1.807) is 7.11 Å². The Morgan fingerprint density at radius 1 is 1.57 bits per heavy atom. The molecule has 0 fully saturated rings. The van der Waals surface area contributed by atoms with Gasteiger partial charge in [-0.2, -0.15) is 5.26 Å². The molecule has 3 heteroatoms. The molecule has 0 spiro atoms. The van der Waals surface area contributed by atoms with Crippen molar-refractivity contribution in [2.45, 2.75) is 12.8 Å². The topological polar surface area (TPSA) is 42.2 Å². The molecule has 0 radical (unpaired) electrons. The van der Waals surface area contributed by atoms with Crippen molar-refractivity contribution in [1.29, 1.82) is 5.26 Å². The van der Waals surface area contributed by atoms with Crippen LogP contribution in [0.5, 0.6) is 11.5 Å². The van der Waals surface area contributed by atoms with Crippen LogP contribution in [-0.2, 0) is 12.8 Å². The first-order chi connectivity index (χ1) is 6.85. The number of hydrogen-bond acceptors (Lipinski definition) is 3. The Bertz CT molecular complexity index is 393. The maximum atomic E-state index is 8.64. The summed E-state index contributed by atoms with van der Waals surface area (Å²) in [5, 5.41) is 8.64. The van der Waals surface area contributed by atoms with Gasteiger partial charge in [-0.15, -0.1) is 0 Å². The smallest absolute Gasteiger partial charge is 0.123 e. The van der Waals surface area contributed by atoms with Gasteiger partial charge in [0.15, 0.2) is 0 Å². The Morgan fingerprint density at radius 3 is 3.14 bits per heavy atom. The van der Waals surface area contributed by atoms with Crippen molar-refractivity contribution in [3.05, 3.63) is 23.3 Å². The van der Waals surface area contributed by atoms with Gasteiger partial charge in [-0.1, -0.05) is 0 Å². The van der Waals surface area contributed by atoms with Gasteiger partial charge in [-0.05, 0) is 12.1 Å². The van der Waals surface area contributed by atoms with Crippen LogP contribution < -0.4 is 9.47 Å². The van der Waals surface area contributed by atoms with Gasteiger partial charge in [0.05, 0.1) is 26.2 Å². The number of methoxy groups -OCH3 is 1. The fourth-order valence-corrected chi connectivity index (χ4v) is 1.66. The second kappa shape index (κ2) is 3.59. The van der Waals surface area contributed by atoms with Gasteiger partial charge < -0.3 is 9.47 Å². The predicted octanol–water partition coefficient (Wildman–Crippen LogP) is 1.70. The van der Waals surface area contributed by atoms with E-state index in [1.807, 2.05) is 12.1 Å². The molecule has 1 aromatic carbocycles. The summed E-state index contributed by atoms with van der Waals surface area (Å²) in [6, 6.07) is 5.99. The van der Waals surface area contributed by atoms with Crippen molar-refractivity contribution in [3.63, 3.8) is 0 Å². The van der Waals surface area contributed by atoms with Gasteiger partial charge >= 0.3 is 0 Å². The van der Waals surface area contributed by atoms with E-state index < -0.39 is 0 Å². The second-order valence-electron chi connectivity index (χ2n) is 3.21. The second-order valence-corrected chi connectivity index (χ2v) is 3.21. The molecule has 2 rings (SSSR count). The third kappa shape index (κ3) is 1.39. The molecule has 72 valence electrons. The Kier molecular flexibility index (Phi) is 2.28. The highest BCUT2D eigenvalue weighted by Gasteiger charge is 2.15. The number of rotatable bonds is 2. The lowest BCUT2D eigenvalue weighted by molar-refractivity contribution is 0.356. The standard InChI is InChI=1S/C11H11NO2/c1-13-10-6-9-3-5-14-11(9)7-8(10)2-4-12/h6-7H,2-3,5H2,1H3. The zero-order chi connectivity index (χ0) is 9.97. The zero-order valence-corrected chi connectivity index (χ0v) is 8.04. The molecule has 1 heterocycles. The first-order valence-corrected chi connectivity index (χ1v) is 4.54. The summed E-state index contributed by atoms with van der Waals surface area (Å²) < 4.78 is 10.6. The predicted molar refractivity (Wildman–Crippen MR) is 51.5 cm³/mol. The molecule has 0 bridgehead atoms. The Labute approximate surface area is 82.9 Å². The molecule has 0 saturated carbocycles. The van der Waals surface area contributed by atoms with Crippen molar-refractivity contribution in [3.8, 4) is 17.6 Å². The first kappa shape index (κ1) is 8.89. The molecule has 0 saturated heterocycles. The minimum atomic E-state index is 0.361. The van der Waals surface area contributed by atoms with E-state index in [-0.39, 0.29) is 0 Å². The molecule has 0 aliphatic carbocycles. The number of nitriles is 1. The van der Waals surface area contributed by atoms with Crippen LogP contribution in [0.4, 0.5) is 0 Å². The normalized spacial score (nSPS) is 12.9. The Hall–Kier alpha value is -1.69. The molecule has 1 aromatic rings. The van der Waals surface area contributed by atoms with Gasteiger partial charge in [0, 0.05) is 17.5 Å². The molecule has 0 N–H and O–H groups in total. The Morgan fingerprint density at radius 2 is 2.43 bits per heavy atom. The van der Waals surface area contributed by atoms with Gasteiger partial charge in [0.1, 0.15) is 11.5 Å². The van der Waals surface area contributed by atoms with Crippen molar-refractivity contribution in [2.75, 3.05) is 13.7 Å². The fourth-order valence-electron chi connectivity index (χ4n) is 1.66. The number of ether oxygens (including phenoxy) is 2. The van der Waals surface area contributed by atoms with Gasteiger partial charge in [0.2, 0.25) is 0 Å². The van der Waals surface area contributed by atoms with Crippen LogP contribution in [0.25, 0.3) is 0 Å². The maximum absolute atomic E-state index is 8.64. The monoisotopic (exact) mass is 189 g/mol. The lowest BCUT2D eigenvalue weighted by Gasteiger charge is -2.07. The summed E-state index contributed by atoms with van der Waals surface area (Å²) in [6.45, 7) is 0.731. The number of benzene rings is 1. The van der Waals surface area contributed by atoms with E-state index in [2.05, 4.69) is 6.07 Å². The van der Waals surface area contributed by atoms with E-state index in [1.165, 1.54) is 5.56 Å². The zero-order valence-electron chi connectivity index (χ0n) is 8.04. The summed E-state index contributed by atoms with van der Waals surface area (Å²) in [5.74, 6) is 1.69. The molecular formula is C11H11NO2. The van der Waals surface area contributed by atoms with E-state index in [9.17, 15) is 0 Å². The average Bonchev–Trinajstić information content (AvgIpc) is 2.64. The number of hydrogen-bond donors (Lipinski definition) is 0. The third-order valence-corrected chi connectivity index (χ3v) is 2.36. The average molecular weight is 189 g/mol. The highest BCUT2D eigenvalue weighted by molar-refractivity contribution is 5.48. The summed E-state index contributed by atoms with van der Waals surface area (Å²) in [6.07, 6.45) is 1.29. The molecular weight excluding hydrogens is 178 g/mol. The van der Waals surface area contributed by atoms with E-state index in [0.29, 0.717) is 6.42 Å². The third-order valence-electron chi connectivity index (χ3n) is 2.36. The molecule has 0 unspecified atom stereocenters. The molecule has 0 atom stereocenters. The minimum Gasteiger partial charge on any atom is -0.496 e. The van der Waals surface area contributed by atoms with Crippen LogP contribution in [0.2, 0.25) is 0 Å². The first-order valence-electron chi connectivity index (χ1n) is 4.54. The SMILES string of the molecule is COc1cc2c(cc1CC#N)OCC2. The van der Waals surface area contributed by atoms with Crippen molar-refractivity contribution < 1.29 is 9.47 Å². The van der Waals surface area contributed by atoms with Crippen molar-refractivity contribution in [1.82, 2.24) is 0 Å². The fraction of sp³-hybridized carbons (Fsp3) is 0.364. The van der Waals surface area contributed by atoms with Crippen LogP contribution in [0.15, 0.2) is 12.1 Å². The van der Waals surface area contributed by atoms with Gasteiger partial charge in [-0.25, -0.2) is 0 Å². The molecule has 1 aliphatic heterocycles. The van der Waals surface area contributed by atoms with Crippen LogP contribution in [-0.4, -0.2) is 13.7 Å². The van der Waals surface area contributed by atoms with E-state index >= 15 is 0 Å². The number of nitrogens with zero attached hydrogens (tertiary/aromatic N) is 1. The van der Waals surface area contributed by atoms with Crippen LogP contribution in [0, 0.1) is 11.3 Å². The van der Waals surface area contributed by atoms with Crippen LogP contribution >= 0.6 is 0 Å². The lowest BCUT2D eigenvalue weighted by atomic mass is 10.1. The molecule has 0 aromatic heterocycles. The van der Waals surface area contributed by atoms with Gasteiger partial charge in [-0.3, -0.25) is 0 Å². The van der Waals surface area contributed by atoms with Crippen LogP contribution in [0.3, 0.4) is 0 Å². The lowest BCUT2D eigenvalue weighted by Crippen LogP contribution is -1.92. The molecule has 14 heavy (non-hydrogen) atoms. The van der Waals surface area contributed by atoms with Crippen molar-refractivity contribution >= 4 is 0 Å². The summed E-state index contributed by atoms with van der Waals surface area (Å²) >= 11 is 0. The quantitative estimate of drug-likeness (QED) is 0.711. The maximum Gasteiger partial charge on any atom is 0.123 e. The highest BCUT2D eigenvalue weighted by atomic mass is 16.5. The van der Waals surface area contributed by atoms with E-state index in [4.69, 9.17) is 14.7 Å². The van der Waals surface area contributed by atoms with Crippen LogP contribution in [0.1, 0.15) is 11.1 Å². The summed E-state index contributed by atoms with van der Waals surface area (Å²) in [7, 11) is 1.62. The van der Waals surface area contributed by atoms with Gasteiger partial charge in [0.25, 0.3) is 0 Å². The Balaban J connectivity index is 2.44. The molecule has 3 nitrogen and oxygen atoms in total. The summed E-state index contributed by atoms with van der Waals surface area (Å²) in [4.78, 5) is 0. The molecule has 0 amide bonds.